The number of rotatable bonds is 8. The number of benzene rings is 2. The highest BCUT2D eigenvalue weighted by Gasteiger charge is 2.13. The molecule has 2 aromatic carbocycles. The van der Waals surface area contributed by atoms with Gasteiger partial charge in [-0.3, -0.25) is 4.79 Å². The van der Waals surface area contributed by atoms with Gasteiger partial charge in [-0.05, 0) is 17.5 Å². The van der Waals surface area contributed by atoms with Gasteiger partial charge in [-0.25, -0.2) is 0 Å². The highest BCUT2D eigenvalue weighted by atomic mass is 16.7. The summed E-state index contributed by atoms with van der Waals surface area (Å²) in [5.74, 6) is -0.349. The third-order valence-corrected chi connectivity index (χ3v) is 3.28. The van der Waals surface area contributed by atoms with Crippen LogP contribution in [0.3, 0.4) is 0 Å². The van der Waals surface area contributed by atoms with Gasteiger partial charge in [0.15, 0.2) is 0 Å². The highest BCUT2D eigenvalue weighted by molar-refractivity contribution is 5.72. The number of hydrogen-bond acceptors (Lipinski definition) is 4. The zero-order valence-corrected chi connectivity index (χ0v) is 12.3. The summed E-state index contributed by atoms with van der Waals surface area (Å²) in [5.41, 5.74) is 4.67. The first-order chi connectivity index (χ1) is 10.8. The molecule has 0 heterocycles. The van der Waals surface area contributed by atoms with Crippen molar-refractivity contribution in [1.29, 1.82) is 0 Å². The maximum atomic E-state index is 11.9. The van der Waals surface area contributed by atoms with Crippen molar-refractivity contribution in [1.82, 2.24) is 5.48 Å². The van der Waals surface area contributed by atoms with Crippen LogP contribution in [0.5, 0.6) is 0 Å². The van der Waals surface area contributed by atoms with Crippen LogP contribution < -0.4 is 5.48 Å². The molecular weight excluding hydrogens is 278 g/mol. The summed E-state index contributed by atoms with van der Waals surface area (Å²) in [6.07, 6.45) is 2.06. The Bertz CT molecular complexity index is 584. The molecule has 1 atom stereocenters. The molecule has 0 aliphatic carbocycles. The van der Waals surface area contributed by atoms with Crippen molar-refractivity contribution in [2.75, 3.05) is 0 Å². The molecule has 0 saturated heterocycles. The Balaban J connectivity index is 1.90. The number of hydroxylamine groups is 1. The van der Waals surface area contributed by atoms with Crippen LogP contribution >= 0.6 is 0 Å². The highest BCUT2D eigenvalue weighted by Crippen LogP contribution is 2.17. The van der Waals surface area contributed by atoms with Gasteiger partial charge < -0.3 is 9.63 Å². The van der Waals surface area contributed by atoms with Gasteiger partial charge in [-0.1, -0.05) is 60.7 Å². The van der Waals surface area contributed by atoms with Crippen molar-refractivity contribution >= 4 is 12.3 Å². The van der Waals surface area contributed by atoms with Gasteiger partial charge in [0.05, 0.1) is 12.5 Å². The molecule has 0 fully saturated rings. The second-order valence-electron chi connectivity index (χ2n) is 4.96. The molecule has 0 spiro atoms. The standard InChI is InChI=1S/C18H19NO3/c20-13-7-12-17(16-10-5-2-6-11-16)19-22-18(21)14-15-8-3-1-4-9-15/h1-6,8-11,13,17,19H,7,12,14H2. The van der Waals surface area contributed by atoms with E-state index in [1.165, 1.54) is 0 Å². The first-order valence-corrected chi connectivity index (χ1v) is 7.27. The summed E-state index contributed by atoms with van der Waals surface area (Å²) in [6.45, 7) is 0. The fraction of sp³-hybridized carbons (Fsp3) is 0.222. The largest absolute Gasteiger partial charge is 0.370 e. The van der Waals surface area contributed by atoms with Crippen LogP contribution in [-0.4, -0.2) is 12.3 Å². The van der Waals surface area contributed by atoms with Gasteiger partial charge in [-0.2, -0.15) is 0 Å². The minimum atomic E-state index is -0.349. The van der Waals surface area contributed by atoms with E-state index >= 15 is 0 Å². The van der Waals surface area contributed by atoms with Crippen LogP contribution in [0.2, 0.25) is 0 Å². The van der Waals surface area contributed by atoms with Gasteiger partial charge in [-0.15, -0.1) is 5.48 Å². The predicted molar refractivity (Wildman–Crippen MR) is 83.9 cm³/mol. The number of carbonyl (C=O) groups is 2. The molecule has 0 aromatic heterocycles. The van der Waals surface area contributed by atoms with E-state index in [0.717, 1.165) is 17.4 Å². The van der Waals surface area contributed by atoms with Gasteiger partial charge in [0, 0.05) is 6.42 Å². The minimum Gasteiger partial charge on any atom is -0.370 e. The molecule has 4 nitrogen and oxygen atoms in total. The molecule has 0 amide bonds. The van der Waals surface area contributed by atoms with Crippen LogP contribution in [0.1, 0.15) is 30.0 Å². The molecule has 0 aliphatic rings. The lowest BCUT2D eigenvalue weighted by atomic mass is 10.0. The Labute approximate surface area is 130 Å². The Hall–Kier alpha value is -2.46. The Morgan fingerprint density at radius 3 is 2.32 bits per heavy atom. The van der Waals surface area contributed by atoms with E-state index in [0.29, 0.717) is 12.8 Å². The van der Waals surface area contributed by atoms with Crippen molar-refractivity contribution < 1.29 is 14.4 Å². The molecule has 1 unspecified atom stereocenters. The summed E-state index contributed by atoms with van der Waals surface area (Å²) in [5, 5.41) is 0. The Kier molecular flexibility index (Phi) is 6.33. The quantitative estimate of drug-likeness (QED) is 0.601. The van der Waals surface area contributed by atoms with Gasteiger partial charge in [0.2, 0.25) is 0 Å². The summed E-state index contributed by atoms with van der Waals surface area (Å²) >= 11 is 0. The first kappa shape index (κ1) is 15.9. The Morgan fingerprint density at radius 1 is 1.05 bits per heavy atom. The van der Waals surface area contributed by atoms with E-state index in [1.54, 1.807) is 0 Å². The lowest BCUT2D eigenvalue weighted by Gasteiger charge is -2.17. The molecule has 2 aromatic rings. The van der Waals surface area contributed by atoms with Crippen LogP contribution in [0.4, 0.5) is 0 Å². The predicted octanol–water partition coefficient (Wildman–Crippen LogP) is 3.00. The Morgan fingerprint density at radius 2 is 1.68 bits per heavy atom. The average molecular weight is 297 g/mol. The fourth-order valence-corrected chi connectivity index (χ4v) is 2.15. The SMILES string of the molecule is O=CCCC(NOC(=O)Cc1ccccc1)c1ccccc1. The van der Waals surface area contributed by atoms with E-state index in [9.17, 15) is 9.59 Å². The lowest BCUT2D eigenvalue weighted by molar-refractivity contribution is -0.152. The molecular formula is C18H19NO3. The summed E-state index contributed by atoms with van der Waals surface area (Å²) in [6, 6.07) is 18.9. The van der Waals surface area contributed by atoms with E-state index in [1.807, 2.05) is 60.7 Å². The van der Waals surface area contributed by atoms with E-state index in [-0.39, 0.29) is 18.4 Å². The second kappa shape index (κ2) is 8.74. The van der Waals surface area contributed by atoms with Gasteiger partial charge in [0.25, 0.3) is 0 Å². The van der Waals surface area contributed by atoms with Crippen molar-refractivity contribution in [2.45, 2.75) is 25.3 Å². The van der Waals surface area contributed by atoms with Crippen LogP contribution in [0.15, 0.2) is 60.7 Å². The molecule has 0 aliphatic heterocycles. The average Bonchev–Trinajstić information content (AvgIpc) is 2.57. The molecule has 0 radical (unpaired) electrons. The number of aldehydes is 1. The molecule has 1 N–H and O–H groups in total. The van der Waals surface area contributed by atoms with Crippen molar-refractivity contribution in [3.8, 4) is 0 Å². The maximum absolute atomic E-state index is 11.9. The van der Waals surface area contributed by atoms with E-state index in [4.69, 9.17) is 4.84 Å². The van der Waals surface area contributed by atoms with Crippen molar-refractivity contribution in [3.63, 3.8) is 0 Å². The second-order valence-corrected chi connectivity index (χ2v) is 4.96. The molecule has 114 valence electrons. The number of carbonyl (C=O) groups excluding carboxylic acids is 2. The van der Waals surface area contributed by atoms with Crippen molar-refractivity contribution in [2.24, 2.45) is 0 Å². The van der Waals surface area contributed by atoms with Crippen molar-refractivity contribution in [3.05, 3.63) is 71.8 Å². The molecule has 2 rings (SSSR count). The first-order valence-electron chi connectivity index (χ1n) is 7.27. The van der Waals surface area contributed by atoms with E-state index in [2.05, 4.69) is 5.48 Å². The number of hydrogen-bond donors (Lipinski definition) is 1. The molecule has 4 heteroatoms. The molecule has 0 saturated carbocycles. The smallest absolute Gasteiger partial charge is 0.329 e. The van der Waals surface area contributed by atoms with Gasteiger partial charge in [0.1, 0.15) is 6.29 Å². The monoisotopic (exact) mass is 297 g/mol. The van der Waals surface area contributed by atoms with Crippen LogP contribution in [0.25, 0.3) is 0 Å². The third kappa shape index (κ3) is 5.14. The zero-order valence-electron chi connectivity index (χ0n) is 12.3. The number of nitrogens with one attached hydrogen (secondary N) is 1. The topological polar surface area (TPSA) is 55.4 Å². The molecule has 0 bridgehead atoms. The summed E-state index contributed by atoms with van der Waals surface area (Å²) in [4.78, 5) is 27.6. The zero-order chi connectivity index (χ0) is 15.6. The summed E-state index contributed by atoms with van der Waals surface area (Å²) < 4.78 is 0. The summed E-state index contributed by atoms with van der Waals surface area (Å²) in [7, 11) is 0. The van der Waals surface area contributed by atoms with E-state index < -0.39 is 0 Å². The third-order valence-electron chi connectivity index (χ3n) is 3.28. The lowest BCUT2D eigenvalue weighted by Crippen LogP contribution is -2.26. The maximum Gasteiger partial charge on any atom is 0.329 e. The molecule has 22 heavy (non-hydrogen) atoms. The fourth-order valence-electron chi connectivity index (χ4n) is 2.15. The normalized spacial score (nSPS) is 11.6. The minimum absolute atomic E-state index is 0.189. The van der Waals surface area contributed by atoms with Crippen LogP contribution in [-0.2, 0) is 20.8 Å². The van der Waals surface area contributed by atoms with Gasteiger partial charge >= 0.3 is 5.97 Å². The van der Waals surface area contributed by atoms with Crippen LogP contribution in [0, 0.1) is 0 Å².